The van der Waals surface area contributed by atoms with Crippen molar-refractivity contribution in [2.75, 3.05) is 45.2 Å². The molecular formula is C19H20N4O4S. The minimum atomic E-state index is -0.554. The van der Waals surface area contributed by atoms with Crippen molar-refractivity contribution in [3.63, 3.8) is 0 Å². The van der Waals surface area contributed by atoms with Crippen LogP contribution in [0.1, 0.15) is 5.56 Å². The number of thioether (sulfide) groups is 1. The summed E-state index contributed by atoms with van der Waals surface area (Å²) in [5.41, 5.74) is 3.33. The van der Waals surface area contributed by atoms with Gasteiger partial charge in [0.25, 0.3) is 5.91 Å². The van der Waals surface area contributed by atoms with Crippen molar-refractivity contribution in [3.8, 4) is 0 Å². The quantitative estimate of drug-likeness (QED) is 0.690. The van der Waals surface area contributed by atoms with Crippen LogP contribution in [0.2, 0.25) is 0 Å². The van der Waals surface area contributed by atoms with E-state index in [0.717, 1.165) is 29.5 Å². The summed E-state index contributed by atoms with van der Waals surface area (Å²) in [7, 11) is 1.28. The highest BCUT2D eigenvalue weighted by Gasteiger charge is 2.34. The molecule has 3 aliphatic rings. The van der Waals surface area contributed by atoms with E-state index in [0.29, 0.717) is 5.69 Å². The SMILES string of the molecule is COC(=O)C1=C(Nc2ccc(C3=CSC4=NCCN34)cc2)C(=O)N(CCO)C1. The Labute approximate surface area is 166 Å². The lowest BCUT2D eigenvalue weighted by atomic mass is 10.1. The number of nitrogens with one attached hydrogen (secondary N) is 1. The molecule has 0 fully saturated rings. The van der Waals surface area contributed by atoms with E-state index in [1.807, 2.05) is 24.3 Å². The zero-order chi connectivity index (χ0) is 19.7. The molecule has 0 bridgehead atoms. The third kappa shape index (κ3) is 3.27. The van der Waals surface area contributed by atoms with Crippen LogP contribution in [0, 0.1) is 0 Å². The summed E-state index contributed by atoms with van der Waals surface area (Å²) in [6.07, 6.45) is 0. The number of aliphatic hydroxyl groups is 1. The molecule has 3 heterocycles. The maximum absolute atomic E-state index is 12.6. The van der Waals surface area contributed by atoms with Gasteiger partial charge in [0.2, 0.25) is 0 Å². The van der Waals surface area contributed by atoms with Crippen LogP contribution in [-0.2, 0) is 14.3 Å². The second-order valence-electron chi connectivity index (χ2n) is 6.43. The maximum Gasteiger partial charge on any atom is 0.337 e. The van der Waals surface area contributed by atoms with Gasteiger partial charge in [0.1, 0.15) is 5.70 Å². The van der Waals surface area contributed by atoms with Crippen molar-refractivity contribution >= 4 is 40.2 Å². The van der Waals surface area contributed by atoms with Crippen LogP contribution in [0.3, 0.4) is 0 Å². The molecule has 2 N–H and O–H groups in total. The molecule has 0 radical (unpaired) electrons. The third-order valence-electron chi connectivity index (χ3n) is 4.77. The molecular weight excluding hydrogens is 380 g/mol. The number of fused-ring (bicyclic) bond motifs is 1. The first kappa shape index (κ1) is 18.6. The van der Waals surface area contributed by atoms with Crippen LogP contribution in [-0.4, -0.2) is 71.8 Å². The van der Waals surface area contributed by atoms with Crippen LogP contribution in [0.25, 0.3) is 5.70 Å². The van der Waals surface area contributed by atoms with Crippen molar-refractivity contribution in [2.45, 2.75) is 0 Å². The number of carbonyl (C=O) groups excluding carboxylic acids is 2. The average Bonchev–Trinajstić information content (AvgIpc) is 3.39. The Morgan fingerprint density at radius 2 is 2.14 bits per heavy atom. The Bertz CT molecular complexity index is 907. The maximum atomic E-state index is 12.6. The predicted octanol–water partition coefficient (Wildman–Crippen LogP) is 1.08. The Morgan fingerprint density at radius 3 is 2.86 bits per heavy atom. The molecule has 8 nitrogen and oxygen atoms in total. The number of rotatable bonds is 6. The Morgan fingerprint density at radius 1 is 1.36 bits per heavy atom. The fourth-order valence-electron chi connectivity index (χ4n) is 3.36. The van der Waals surface area contributed by atoms with Gasteiger partial charge in [-0.05, 0) is 17.7 Å². The minimum Gasteiger partial charge on any atom is -0.466 e. The second kappa shape index (κ2) is 7.69. The largest absolute Gasteiger partial charge is 0.466 e. The van der Waals surface area contributed by atoms with E-state index >= 15 is 0 Å². The Kier molecular flexibility index (Phi) is 5.10. The summed E-state index contributed by atoms with van der Waals surface area (Å²) in [6, 6.07) is 7.68. The number of esters is 1. The molecule has 28 heavy (non-hydrogen) atoms. The fourth-order valence-corrected chi connectivity index (χ4v) is 4.33. The van der Waals surface area contributed by atoms with Crippen molar-refractivity contribution in [1.29, 1.82) is 0 Å². The monoisotopic (exact) mass is 400 g/mol. The normalized spacial score (nSPS) is 18.4. The van der Waals surface area contributed by atoms with Gasteiger partial charge >= 0.3 is 5.97 Å². The topological polar surface area (TPSA) is 94.5 Å². The molecule has 0 saturated carbocycles. The van der Waals surface area contributed by atoms with Crippen LogP contribution in [0.15, 0.2) is 45.9 Å². The van der Waals surface area contributed by atoms with Gasteiger partial charge in [0, 0.05) is 24.2 Å². The number of nitrogens with zero attached hydrogens (tertiary/aromatic N) is 3. The first-order chi connectivity index (χ1) is 13.6. The number of aliphatic hydroxyl groups excluding tert-OH is 1. The summed E-state index contributed by atoms with van der Waals surface area (Å²) in [5, 5.41) is 15.3. The van der Waals surface area contributed by atoms with Crippen molar-refractivity contribution in [3.05, 3.63) is 46.5 Å². The van der Waals surface area contributed by atoms with E-state index in [9.17, 15) is 9.59 Å². The van der Waals surface area contributed by atoms with Gasteiger partial charge in [-0.3, -0.25) is 9.79 Å². The number of hydrogen-bond acceptors (Lipinski definition) is 8. The standard InChI is InChI=1S/C19H20N4O4S/c1-27-18(26)14-10-22(8-9-24)17(25)16(14)21-13-4-2-12(3-5-13)15-11-28-19-20-6-7-23(15)19/h2-5,11,21,24H,6-10H2,1H3. The van der Waals surface area contributed by atoms with Crippen molar-refractivity contribution in [1.82, 2.24) is 9.80 Å². The number of amides is 1. The van der Waals surface area contributed by atoms with Crippen molar-refractivity contribution < 1.29 is 19.4 Å². The number of carbonyl (C=O) groups is 2. The predicted molar refractivity (Wildman–Crippen MR) is 107 cm³/mol. The lowest BCUT2D eigenvalue weighted by Crippen LogP contribution is -2.31. The van der Waals surface area contributed by atoms with Gasteiger partial charge in [-0.1, -0.05) is 23.9 Å². The van der Waals surface area contributed by atoms with E-state index in [2.05, 4.69) is 20.6 Å². The van der Waals surface area contributed by atoms with Gasteiger partial charge in [0.05, 0.1) is 38.1 Å². The van der Waals surface area contributed by atoms with Gasteiger partial charge < -0.3 is 25.0 Å². The number of ether oxygens (including phenoxy) is 1. The van der Waals surface area contributed by atoms with Crippen LogP contribution in [0.5, 0.6) is 0 Å². The molecule has 0 unspecified atom stereocenters. The molecule has 0 aromatic heterocycles. The highest BCUT2D eigenvalue weighted by molar-refractivity contribution is 8.16. The number of benzene rings is 1. The molecule has 9 heteroatoms. The van der Waals surface area contributed by atoms with Crippen LogP contribution in [0.4, 0.5) is 5.69 Å². The molecule has 1 aromatic carbocycles. The van der Waals surface area contributed by atoms with E-state index < -0.39 is 5.97 Å². The van der Waals surface area contributed by atoms with Gasteiger partial charge in [0.15, 0.2) is 5.17 Å². The Hall–Kier alpha value is -2.78. The number of anilines is 1. The number of aliphatic imine (C=N–C) groups is 1. The third-order valence-corrected chi connectivity index (χ3v) is 5.67. The average molecular weight is 400 g/mol. The molecule has 0 aliphatic carbocycles. The summed E-state index contributed by atoms with van der Waals surface area (Å²) in [5.74, 6) is -0.881. The molecule has 146 valence electrons. The summed E-state index contributed by atoms with van der Waals surface area (Å²) >= 11 is 1.63. The molecule has 3 aliphatic heterocycles. The first-order valence-corrected chi connectivity index (χ1v) is 9.78. The van der Waals surface area contributed by atoms with E-state index in [-0.39, 0.29) is 36.9 Å². The molecule has 4 rings (SSSR count). The number of hydrogen-bond donors (Lipinski definition) is 2. The van der Waals surface area contributed by atoms with Crippen LogP contribution < -0.4 is 5.32 Å². The van der Waals surface area contributed by atoms with E-state index in [1.165, 1.54) is 12.0 Å². The summed E-state index contributed by atoms with van der Waals surface area (Å²) in [6.45, 7) is 1.81. The Balaban J connectivity index is 1.53. The second-order valence-corrected chi connectivity index (χ2v) is 7.27. The van der Waals surface area contributed by atoms with Gasteiger partial charge in [-0.15, -0.1) is 0 Å². The molecule has 0 atom stereocenters. The van der Waals surface area contributed by atoms with E-state index in [1.54, 1.807) is 11.8 Å². The zero-order valence-corrected chi connectivity index (χ0v) is 16.2. The minimum absolute atomic E-state index is 0.119. The summed E-state index contributed by atoms with van der Waals surface area (Å²) < 4.78 is 4.80. The lowest BCUT2D eigenvalue weighted by molar-refractivity contribution is -0.136. The van der Waals surface area contributed by atoms with Crippen molar-refractivity contribution in [2.24, 2.45) is 4.99 Å². The number of β-amino-alcohol motifs (C(OH)–C–C–N with tert-alkyl or cyclic N) is 1. The smallest absolute Gasteiger partial charge is 0.337 e. The highest BCUT2D eigenvalue weighted by Crippen LogP contribution is 2.35. The molecule has 1 aromatic rings. The highest BCUT2D eigenvalue weighted by atomic mass is 32.2. The molecule has 0 saturated heterocycles. The van der Waals surface area contributed by atoms with E-state index in [4.69, 9.17) is 9.84 Å². The summed E-state index contributed by atoms with van der Waals surface area (Å²) in [4.78, 5) is 32.7. The molecule has 0 spiro atoms. The lowest BCUT2D eigenvalue weighted by Gasteiger charge is -2.17. The first-order valence-electron chi connectivity index (χ1n) is 8.90. The fraction of sp³-hybridized carbons (Fsp3) is 0.316. The molecule has 1 amide bonds. The number of methoxy groups -OCH3 is 1. The zero-order valence-electron chi connectivity index (χ0n) is 15.3. The van der Waals surface area contributed by atoms with Gasteiger partial charge in [-0.25, -0.2) is 4.79 Å². The van der Waals surface area contributed by atoms with Gasteiger partial charge in [-0.2, -0.15) is 0 Å². The number of amidine groups is 1. The van der Waals surface area contributed by atoms with Crippen LogP contribution >= 0.6 is 11.8 Å².